The molecule has 0 aliphatic rings. The van der Waals surface area contributed by atoms with Crippen molar-refractivity contribution in [2.75, 3.05) is 12.9 Å². The summed E-state index contributed by atoms with van der Waals surface area (Å²) in [6.45, 7) is 4.19. The van der Waals surface area contributed by atoms with Crippen LogP contribution in [0.4, 0.5) is 0 Å². The van der Waals surface area contributed by atoms with E-state index < -0.39 is 0 Å². The van der Waals surface area contributed by atoms with Crippen molar-refractivity contribution in [3.05, 3.63) is 29.8 Å². The molecule has 0 bridgehead atoms. The molecule has 0 aliphatic carbocycles. The summed E-state index contributed by atoms with van der Waals surface area (Å²) in [6, 6.07) is 7.63. The smallest absolute Gasteiger partial charge is 0.188 e. The van der Waals surface area contributed by atoms with Gasteiger partial charge in [0, 0.05) is 10.5 Å². The van der Waals surface area contributed by atoms with Crippen LogP contribution in [0.5, 0.6) is 0 Å². The first-order valence-corrected chi connectivity index (χ1v) is 6.68. The maximum absolute atomic E-state index is 11.7. The van der Waals surface area contributed by atoms with Gasteiger partial charge in [-0.3, -0.25) is 4.79 Å². The molecule has 0 heterocycles. The average Bonchev–Trinajstić information content (AvgIpc) is 2.35. The Bertz CT molecular complexity index is 332. The Morgan fingerprint density at radius 2 is 2.00 bits per heavy atom. The van der Waals surface area contributed by atoms with Crippen LogP contribution >= 0.6 is 11.8 Å². The van der Waals surface area contributed by atoms with Crippen LogP contribution in [0, 0.1) is 0 Å². The number of ketones is 1. The van der Waals surface area contributed by atoms with Gasteiger partial charge in [0.1, 0.15) is 6.61 Å². The summed E-state index contributed by atoms with van der Waals surface area (Å²) < 4.78 is 5.41. The molecule has 1 aromatic carbocycles. The van der Waals surface area contributed by atoms with Crippen molar-refractivity contribution < 1.29 is 9.53 Å². The monoisotopic (exact) mass is 238 g/mol. The van der Waals surface area contributed by atoms with Crippen LogP contribution in [0.2, 0.25) is 0 Å². The second-order valence-electron chi connectivity index (χ2n) is 3.68. The molecule has 1 atom stereocenters. The van der Waals surface area contributed by atoms with Gasteiger partial charge in [0.05, 0.1) is 6.10 Å². The molecule has 0 saturated heterocycles. The van der Waals surface area contributed by atoms with Crippen LogP contribution in [-0.4, -0.2) is 24.7 Å². The molecule has 0 saturated carbocycles. The van der Waals surface area contributed by atoms with Crippen molar-refractivity contribution in [3.63, 3.8) is 0 Å². The number of carbonyl (C=O) groups is 1. The normalized spacial score (nSPS) is 12.4. The number of Topliss-reactive ketones (excluding diaryl/α,β-unsaturated/α-hetero) is 1. The Balaban J connectivity index is 2.52. The SMILES string of the molecule is CCC(C)OCC(=O)c1ccc(SC)cc1. The van der Waals surface area contributed by atoms with Gasteiger partial charge in [-0.1, -0.05) is 19.1 Å². The standard InChI is InChI=1S/C13H18O2S/c1-4-10(2)15-9-13(14)11-5-7-12(16-3)8-6-11/h5-8,10H,4,9H2,1-3H3. The molecule has 2 nitrogen and oxygen atoms in total. The van der Waals surface area contributed by atoms with Crippen molar-refractivity contribution in [1.29, 1.82) is 0 Å². The second kappa shape index (κ2) is 6.71. The van der Waals surface area contributed by atoms with Crippen molar-refractivity contribution in [2.45, 2.75) is 31.3 Å². The molecule has 1 unspecified atom stereocenters. The number of ether oxygens (including phenoxy) is 1. The number of hydrogen-bond acceptors (Lipinski definition) is 3. The minimum absolute atomic E-state index is 0.0490. The lowest BCUT2D eigenvalue weighted by atomic mass is 10.1. The highest BCUT2D eigenvalue weighted by molar-refractivity contribution is 7.98. The van der Waals surface area contributed by atoms with E-state index in [-0.39, 0.29) is 18.5 Å². The molecular weight excluding hydrogens is 220 g/mol. The summed E-state index contributed by atoms with van der Waals surface area (Å²) in [5, 5.41) is 0. The Morgan fingerprint density at radius 1 is 1.38 bits per heavy atom. The Kier molecular flexibility index (Phi) is 5.56. The predicted octanol–water partition coefficient (Wildman–Crippen LogP) is 3.41. The van der Waals surface area contributed by atoms with Crippen LogP contribution in [0.3, 0.4) is 0 Å². The fraction of sp³-hybridized carbons (Fsp3) is 0.462. The van der Waals surface area contributed by atoms with Gasteiger partial charge in [-0.05, 0) is 31.7 Å². The Hall–Kier alpha value is -0.800. The first kappa shape index (κ1) is 13.3. The first-order valence-electron chi connectivity index (χ1n) is 5.46. The fourth-order valence-electron chi connectivity index (χ4n) is 1.20. The largest absolute Gasteiger partial charge is 0.370 e. The summed E-state index contributed by atoms with van der Waals surface area (Å²) in [5.41, 5.74) is 0.723. The highest BCUT2D eigenvalue weighted by Gasteiger charge is 2.07. The number of benzene rings is 1. The van der Waals surface area contributed by atoms with E-state index in [1.165, 1.54) is 4.90 Å². The van der Waals surface area contributed by atoms with Crippen LogP contribution in [0.25, 0.3) is 0 Å². The molecule has 3 heteroatoms. The summed E-state index contributed by atoms with van der Waals surface area (Å²) in [6.07, 6.45) is 3.09. The van der Waals surface area contributed by atoms with Crippen LogP contribution in [-0.2, 0) is 4.74 Å². The number of thioether (sulfide) groups is 1. The topological polar surface area (TPSA) is 26.3 Å². The highest BCUT2D eigenvalue weighted by Crippen LogP contribution is 2.15. The first-order chi connectivity index (χ1) is 7.67. The maximum Gasteiger partial charge on any atom is 0.188 e. The van der Waals surface area contributed by atoms with Gasteiger partial charge < -0.3 is 4.74 Å². The third-order valence-corrected chi connectivity index (χ3v) is 3.23. The summed E-state index contributed by atoms with van der Waals surface area (Å²) in [7, 11) is 0. The number of carbonyl (C=O) groups excluding carboxylic acids is 1. The third kappa shape index (κ3) is 3.99. The van der Waals surface area contributed by atoms with E-state index >= 15 is 0 Å². The molecule has 88 valence electrons. The van der Waals surface area contributed by atoms with E-state index in [4.69, 9.17) is 4.74 Å². The lowest BCUT2D eigenvalue weighted by Crippen LogP contribution is -2.15. The Labute approximate surface area is 101 Å². The summed E-state index contributed by atoms with van der Waals surface area (Å²) in [4.78, 5) is 12.9. The second-order valence-corrected chi connectivity index (χ2v) is 4.56. The minimum Gasteiger partial charge on any atom is -0.370 e. The summed E-state index contributed by atoms with van der Waals surface area (Å²) >= 11 is 1.67. The van der Waals surface area contributed by atoms with Crippen LogP contribution < -0.4 is 0 Å². The number of rotatable bonds is 6. The molecule has 1 aromatic rings. The summed E-state index contributed by atoms with van der Waals surface area (Å²) in [5.74, 6) is 0.0490. The molecule has 0 N–H and O–H groups in total. The van der Waals surface area contributed by atoms with Crippen molar-refractivity contribution >= 4 is 17.5 Å². The van der Waals surface area contributed by atoms with Gasteiger partial charge in [-0.15, -0.1) is 11.8 Å². The Morgan fingerprint density at radius 3 is 2.50 bits per heavy atom. The van der Waals surface area contributed by atoms with Crippen LogP contribution in [0.15, 0.2) is 29.2 Å². The third-order valence-electron chi connectivity index (χ3n) is 2.49. The van der Waals surface area contributed by atoms with Crippen molar-refractivity contribution in [3.8, 4) is 0 Å². The molecule has 1 rings (SSSR count). The van der Waals surface area contributed by atoms with Crippen molar-refractivity contribution in [1.82, 2.24) is 0 Å². The molecule has 0 amide bonds. The van der Waals surface area contributed by atoms with Gasteiger partial charge in [0.15, 0.2) is 5.78 Å². The maximum atomic E-state index is 11.7. The van der Waals surface area contributed by atoms with Crippen LogP contribution in [0.1, 0.15) is 30.6 Å². The lowest BCUT2D eigenvalue weighted by molar-refractivity contribution is 0.0511. The van der Waals surface area contributed by atoms with Gasteiger partial charge in [-0.2, -0.15) is 0 Å². The van der Waals surface area contributed by atoms with Gasteiger partial charge in [-0.25, -0.2) is 0 Å². The lowest BCUT2D eigenvalue weighted by Gasteiger charge is -2.09. The highest BCUT2D eigenvalue weighted by atomic mass is 32.2. The zero-order valence-electron chi connectivity index (χ0n) is 10.0. The predicted molar refractivity (Wildman–Crippen MR) is 68.3 cm³/mol. The van der Waals surface area contributed by atoms with E-state index in [1.807, 2.05) is 44.4 Å². The van der Waals surface area contributed by atoms with Crippen molar-refractivity contribution in [2.24, 2.45) is 0 Å². The van der Waals surface area contributed by atoms with Gasteiger partial charge >= 0.3 is 0 Å². The van der Waals surface area contributed by atoms with E-state index in [0.717, 1.165) is 12.0 Å². The molecule has 0 aliphatic heterocycles. The van der Waals surface area contributed by atoms with Gasteiger partial charge in [0.2, 0.25) is 0 Å². The molecule has 0 spiro atoms. The molecular formula is C13H18O2S. The minimum atomic E-state index is 0.0490. The fourth-order valence-corrected chi connectivity index (χ4v) is 1.60. The molecule has 0 aromatic heterocycles. The average molecular weight is 238 g/mol. The zero-order chi connectivity index (χ0) is 12.0. The van der Waals surface area contributed by atoms with E-state index in [2.05, 4.69) is 0 Å². The van der Waals surface area contributed by atoms with E-state index in [1.54, 1.807) is 11.8 Å². The zero-order valence-corrected chi connectivity index (χ0v) is 10.8. The quantitative estimate of drug-likeness (QED) is 0.561. The van der Waals surface area contributed by atoms with E-state index in [9.17, 15) is 4.79 Å². The molecule has 0 radical (unpaired) electrons. The van der Waals surface area contributed by atoms with E-state index in [0.29, 0.717) is 0 Å². The number of hydrogen-bond donors (Lipinski definition) is 0. The molecule has 16 heavy (non-hydrogen) atoms. The molecule has 0 fully saturated rings. The van der Waals surface area contributed by atoms with Gasteiger partial charge in [0.25, 0.3) is 0 Å².